The van der Waals surface area contributed by atoms with E-state index in [-0.39, 0.29) is 5.70 Å². The van der Waals surface area contributed by atoms with Gasteiger partial charge in [-0.05, 0) is 54.5 Å². The molecule has 0 atom stereocenters. The first kappa shape index (κ1) is 18.7. The Kier molecular flexibility index (Phi) is 5.29. The first-order chi connectivity index (χ1) is 14.2. The number of carbonyl (C=O) groups excluding carboxylic acids is 1. The predicted molar refractivity (Wildman–Crippen MR) is 113 cm³/mol. The van der Waals surface area contributed by atoms with Crippen LogP contribution in [0.3, 0.4) is 0 Å². The molecule has 0 aromatic heterocycles. The van der Waals surface area contributed by atoms with Gasteiger partial charge in [-0.15, -0.1) is 0 Å². The second-order valence-electron chi connectivity index (χ2n) is 6.43. The molecule has 1 aliphatic rings. The maximum absolute atomic E-state index is 12.4. The van der Waals surface area contributed by atoms with E-state index in [2.05, 4.69) is 4.99 Å². The van der Waals surface area contributed by atoms with E-state index in [4.69, 9.17) is 14.2 Å². The number of hydrogen-bond acceptors (Lipinski definition) is 5. The molecule has 29 heavy (non-hydrogen) atoms. The van der Waals surface area contributed by atoms with Gasteiger partial charge in [0.15, 0.2) is 17.2 Å². The molecule has 3 aromatic rings. The highest BCUT2D eigenvalue weighted by Gasteiger charge is 2.25. The van der Waals surface area contributed by atoms with Gasteiger partial charge in [-0.3, -0.25) is 0 Å². The molecule has 146 valence electrons. The summed E-state index contributed by atoms with van der Waals surface area (Å²) >= 11 is 0. The van der Waals surface area contributed by atoms with Crippen molar-refractivity contribution < 1.29 is 19.0 Å². The highest BCUT2D eigenvalue weighted by atomic mass is 16.6. The zero-order valence-electron chi connectivity index (χ0n) is 16.3. The molecule has 0 saturated heterocycles. The Balaban J connectivity index is 1.70. The minimum Gasteiger partial charge on any atom is -0.490 e. The number of fused-ring (bicyclic) bond motifs is 1. The molecule has 0 bridgehead atoms. The minimum absolute atomic E-state index is 0.250. The average molecular weight is 387 g/mol. The van der Waals surface area contributed by atoms with E-state index in [9.17, 15) is 4.79 Å². The van der Waals surface area contributed by atoms with Crippen LogP contribution in [0.25, 0.3) is 16.8 Å². The summed E-state index contributed by atoms with van der Waals surface area (Å²) < 4.78 is 16.7. The van der Waals surface area contributed by atoms with Crippen molar-refractivity contribution in [1.82, 2.24) is 0 Å². The van der Waals surface area contributed by atoms with Crippen LogP contribution in [0.2, 0.25) is 0 Å². The quantitative estimate of drug-likeness (QED) is 0.442. The number of aliphatic imine (C=N–C) groups is 1. The van der Waals surface area contributed by atoms with Crippen molar-refractivity contribution in [1.29, 1.82) is 0 Å². The van der Waals surface area contributed by atoms with Crippen LogP contribution in [0, 0.1) is 0 Å². The maximum Gasteiger partial charge on any atom is 0.363 e. The lowest BCUT2D eigenvalue weighted by molar-refractivity contribution is -0.129. The monoisotopic (exact) mass is 387 g/mol. The predicted octanol–water partition coefficient (Wildman–Crippen LogP) is 4.98. The summed E-state index contributed by atoms with van der Waals surface area (Å²) in [6.07, 6.45) is 1.69. The van der Waals surface area contributed by atoms with Gasteiger partial charge in [-0.2, -0.15) is 0 Å². The Morgan fingerprint density at radius 3 is 2.52 bits per heavy atom. The normalized spacial score (nSPS) is 14.8. The van der Waals surface area contributed by atoms with E-state index in [1.165, 1.54) is 0 Å². The fourth-order valence-electron chi connectivity index (χ4n) is 3.25. The van der Waals surface area contributed by atoms with E-state index in [0.717, 1.165) is 21.9 Å². The van der Waals surface area contributed by atoms with Gasteiger partial charge in [0, 0.05) is 5.56 Å². The van der Waals surface area contributed by atoms with Crippen molar-refractivity contribution in [2.24, 2.45) is 4.99 Å². The molecule has 0 N–H and O–H groups in total. The third kappa shape index (κ3) is 3.85. The lowest BCUT2D eigenvalue weighted by atomic mass is 10.0. The summed E-state index contributed by atoms with van der Waals surface area (Å²) in [5, 5.41) is 2.05. The molecular formula is C24H21NO4. The van der Waals surface area contributed by atoms with Crippen molar-refractivity contribution in [2.75, 3.05) is 13.2 Å². The van der Waals surface area contributed by atoms with Crippen LogP contribution in [0.15, 0.2) is 71.4 Å². The third-order valence-corrected chi connectivity index (χ3v) is 4.51. The number of ether oxygens (including phenoxy) is 3. The molecule has 0 saturated carbocycles. The van der Waals surface area contributed by atoms with E-state index in [0.29, 0.717) is 30.6 Å². The molecule has 0 aliphatic carbocycles. The van der Waals surface area contributed by atoms with Crippen molar-refractivity contribution in [3.8, 4) is 11.5 Å². The SMILES string of the molecule is CCOc1ccc(/C=C2/N=C(c3cccc4ccccc34)OC2=O)cc1OCC. The maximum atomic E-state index is 12.4. The average Bonchev–Trinajstić information content (AvgIpc) is 3.10. The van der Waals surface area contributed by atoms with Crippen LogP contribution in [0.5, 0.6) is 11.5 Å². The molecule has 5 heteroatoms. The van der Waals surface area contributed by atoms with Gasteiger partial charge in [0.2, 0.25) is 5.90 Å². The molecule has 0 radical (unpaired) electrons. The molecule has 1 heterocycles. The molecule has 0 spiro atoms. The van der Waals surface area contributed by atoms with E-state index in [1.54, 1.807) is 6.08 Å². The van der Waals surface area contributed by atoms with E-state index in [1.807, 2.05) is 74.5 Å². The summed E-state index contributed by atoms with van der Waals surface area (Å²) in [6.45, 7) is 4.90. The fourth-order valence-corrected chi connectivity index (χ4v) is 3.25. The van der Waals surface area contributed by atoms with Crippen LogP contribution < -0.4 is 9.47 Å². The second kappa shape index (κ2) is 8.19. The van der Waals surface area contributed by atoms with E-state index >= 15 is 0 Å². The zero-order chi connectivity index (χ0) is 20.2. The lowest BCUT2D eigenvalue weighted by Gasteiger charge is -2.11. The van der Waals surface area contributed by atoms with Crippen LogP contribution in [0.4, 0.5) is 0 Å². The van der Waals surface area contributed by atoms with Crippen molar-refractivity contribution >= 4 is 28.7 Å². The highest BCUT2D eigenvalue weighted by Crippen LogP contribution is 2.30. The molecule has 1 aliphatic heterocycles. The van der Waals surface area contributed by atoms with Crippen molar-refractivity contribution in [3.05, 3.63) is 77.5 Å². The molecule has 5 nitrogen and oxygen atoms in total. The van der Waals surface area contributed by atoms with Gasteiger partial charge in [0.25, 0.3) is 0 Å². The number of esters is 1. The van der Waals surface area contributed by atoms with Gasteiger partial charge in [-0.1, -0.05) is 42.5 Å². The Morgan fingerprint density at radius 1 is 0.931 bits per heavy atom. The van der Waals surface area contributed by atoms with Gasteiger partial charge in [0.1, 0.15) is 0 Å². The summed E-state index contributed by atoms with van der Waals surface area (Å²) in [5.41, 5.74) is 1.83. The standard InChI is InChI=1S/C24H21NO4/c1-3-27-21-13-12-16(15-22(21)28-4-2)14-20-24(26)29-23(25-20)19-11-7-9-17-8-5-6-10-18(17)19/h5-15H,3-4H2,1-2H3/b20-14+. The van der Waals surface area contributed by atoms with Crippen LogP contribution in [-0.4, -0.2) is 25.1 Å². The Bertz CT molecular complexity index is 1130. The van der Waals surface area contributed by atoms with Gasteiger partial charge in [-0.25, -0.2) is 9.79 Å². The summed E-state index contributed by atoms with van der Waals surface area (Å²) in [6, 6.07) is 19.3. The van der Waals surface area contributed by atoms with Crippen LogP contribution >= 0.6 is 0 Å². The molecule has 0 amide bonds. The van der Waals surface area contributed by atoms with Crippen molar-refractivity contribution in [3.63, 3.8) is 0 Å². The Morgan fingerprint density at radius 2 is 1.69 bits per heavy atom. The van der Waals surface area contributed by atoms with E-state index < -0.39 is 5.97 Å². The second-order valence-corrected chi connectivity index (χ2v) is 6.43. The summed E-state index contributed by atoms with van der Waals surface area (Å²) in [4.78, 5) is 16.9. The van der Waals surface area contributed by atoms with Gasteiger partial charge in [0.05, 0.1) is 13.2 Å². The first-order valence-electron chi connectivity index (χ1n) is 9.60. The third-order valence-electron chi connectivity index (χ3n) is 4.51. The molecule has 3 aromatic carbocycles. The lowest BCUT2D eigenvalue weighted by Crippen LogP contribution is -2.05. The number of benzene rings is 3. The molecule has 4 rings (SSSR count). The van der Waals surface area contributed by atoms with Gasteiger partial charge >= 0.3 is 5.97 Å². The molecule has 0 unspecified atom stereocenters. The fraction of sp³-hybridized carbons (Fsp3) is 0.167. The Labute approximate surface area is 169 Å². The van der Waals surface area contributed by atoms with Gasteiger partial charge < -0.3 is 14.2 Å². The van der Waals surface area contributed by atoms with Crippen molar-refractivity contribution in [2.45, 2.75) is 13.8 Å². The molecule has 0 fully saturated rings. The number of carbonyl (C=O) groups is 1. The largest absolute Gasteiger partial charge is 0.490 e. The highest BCUT2D eigenvalue weighted by molar-refractivity contribution is 6.17. The summed E-state index contributed by atoms with van der Waals surface area (Å²) in [5.74, 6) is 1.15. The number of nitrogens with zero attached hydrogens (tertiary/aromatic N) is 1. The number of hydrogen-bond donors (Lipinski definition) is 0. The first-order valence-corrected chi connectivity index (χ1v) is 9.60. The topological polar surface area (TPSA) is 57.1 Å². The number of cyclic esters (lactones) is 1. The zero-order valence-corrected chi connectivity index (χ0v) is 16.3. The summed E-state index contributed by atoms with van der Waals surface area (Å²) in [7, 11) is 0. The van der Waals surface area contributed by atoms with Crippen LogP contribution in [0.1, 0.15) is 25.0 Å². The smallest absolute Gasteiger partial charge is 0.363 e. The number of rotatable bonds is 6. The molecular weight excluding hydrogens is 366 g/mol. The Hall–Kier alpha value is -3.60. The minimum atomic E-state index is -0.472. The van der Waals surface area contributed by atoms with Crippen LogP contribution in [-0.2, 0) is 9.53 Å².